The third-order valence-electron chi connectivity index (χ3n) is 4.91. The van der Waals surface area contributed by atoms with Crippen LogP contribution in [0.25, 0.3) is 16.8 Å². The molecule has 31 heavy (non-hydrogen) atoms. The number of aromatic nitrogens is 3. The van der Waals surface area contributed by atoms with Gasteiger partial charge in [-0.2, -0.15) is 5.10 Å². The zero-order chi connectivity index (χ0) is 22.3. The summed E-state index contributed by atoms with van der Waals surface area (Å²) in [5.41, 5.74) is 4.21. The first-order valence-corrected chi connectivity index (χ1v) is 11.0. The predicted octanol–water partition coefficient (Wildman–Crippen LogP) is 4.27. The van der Waals surface area contributed by atoms with E-state index in [2.05, 4.69) is 14.8 Å². The van der Waals surface area contributed by atoms with Crippen molar-refractivity contribution in [2.75, 3.05) is 11.8 Å². The van der Waals surface area contributed by atoms with Crippen molar-refractivity contribution in [3.8, 4) is 16.9 Å². The molecule has 9 heteroatoms. The predicted molar refractivity (Wildman–Crippen MR) is 116 cm³/mol. The molecule has 0 saturated heterocycles. The summed E-state index contributed by atoms with van der Waals surface area (Å²) in [5, 5.41) is 4.37. The van der Waals surface area contributed by atoms with E-state index in [-0.39, 0.29) is 16.3 Å². The molecule has 0 atom stereocenters. The number of hydrogen-bond donors (Lipinski definition) is 1. The van der Waals surface area contributed by atoms with E-state index in [1.807, 2.05) is 19.9 Å². The SMILES string of the molecule is COc1ccc(-c2cnn3c(C)cc(C)nc23)cc1S(=O)(=O)Nc1cc(C)ccc1F. The molecule has 0 aliphatic rings. The minimum absolute atomic E-state index is 0.114. The molecule has 0 radical (unpaired) electrons. The highest BCUT2D eigenvalue weighted by Crippen LogP contribution is 2.33. The molecule has 0 fully saturated rings. The van der Waals surface area contributed by atoms with Gasteiger partial charge in [0.2, 0.25) is 0 Å². The third-order valence-corrected chi connectivity index (χ3v) is 6.29. The van der Waals surface area contributed by atoms with Crippen LogP contribution in [0.2, 0.25) is 0 Å². The lowest BCUT2D eigenvalue weighted by atomic mass is 10.1. The highest BCUT2D eigenvalue weighted by atomic mass is 32.2. The Morgan fingerprint density at radius 2 is 1.84 bits per heavy atom. The summed E-state index contributed by atoms with van der Waals surface area (Å²) >= 11 is 0. The molecule has 2 aromatic heterocycles. The molecule has 0 spiro atoms. The Hall–Kier alpha value is -3.46. The number of nitrogens with one attached hydrogen (secondary N) is 1. The van der Waals surface area contributed by atoms with Crippen molar-refractivity contribution in [2.24, 2.45) is 0 Å². The fourth-order valence-electron chi connectivity index (χ4n) is 3.45. The Bertz CT molecular complexity index is 1410. The minimum Gasteiger partial charge on any atom is -0.495 e. The average molecular weight is 441 g/mol. The van der Waals surface area contributed by atoms with Gasteiger partial charge in [-0.05, 0) is 62.2 Å². The number of sulfonamides is 1. The number of methoxy groups -OCH3 is 1. The Morgan fingerprint density at radius 3 is 2.58 bits per heavy atom. The third kappa shape index (κ3) is 3.84. The van der Waals surface area contributed by atoms with E-state index in [4.69, 9.17) is 4.74 Å². The second kappa shape index (κ2) is 7.66. The molecule has 0 unspecified atom stereocenters. The molecule has 160 valence electrons. The van der Waals surface area contributed by atoms with Crippen molar-refractivity contribution >= 4 is 21.4 Å². The number of halogens is 1. The number of anilines is 1. The fraction of sp³-hybridized carbons (Fsp3) is 0.182. The molecule has 0 aliphatic carbocycles. The monoisotopic (exact) mass is 440 g/mol. The molecule has 0 bridgehead atoms. The van der Waals surface area contributed by atoms with Crippen LogP contribution in [0.15, 0.2) is 53.6 Å². The number of rotatable bonds is 5. The number of ether oxygens (including phenoxy) is 1. The maximum Gasteiger partial charge on any atom is 0.265 e. The summed E-state index contributed by atoms with van der Waals surface area (Å²) in [5.74, 6) is -0.525. The average Bonchev–Trinajstić information content (AvgIpc) is 3.14. The molecule has 2 aromatic carbocycles. The van der Waals surface area contributed by atoms with E-state index in [1.165, 1.54) is 25.3 Å². The van der Waals surface area contributed by atoms with Crippen LogP contribution in [0.4, 0.5) is 10.1 Å². The molecule has 0 amide bonds. The standard InChI is InChI=1S/C22H21FN4O3S/c1-13-5-7-18(23)19(9-13)26-31(28,29)21-11-16(6-8-20(21)30-4)17-12-24-27-15(3)10-14(2)25-22(17)27/h5-12,26H,1-4H3. The van der Waals surface area contributed by atoms with Gasteiger partial charge < -0.3 is 4.74 Å². The van der Waals surface area contributed by atoms with Crippen LogP contribution in [-0.4, -0.2) is 30.1 Å². The second-order valence-corrected chi connectivity index (χ2v) is 8.94. The van der Waals surface area contributed by atoms with E-state index in [0.717, 1.165) is 17.0 Å². The Morgan fingerprint density at radius 1 is 1.06 bits per heavy atom. The van der Waals surface area contributed by atoms with Crippen molar-refractivity contribution in [2.45, 2.75) is 25.7 Å². The number of nitrogens with zero attached hydrogens (tertiary/aromatic N) is 3. The van der Waals surface area contributed by atoms with Crippen LogP contribution >= 0.6 is 0 Å². The van der Waals surface area contributed by atoms with Crippen molar-refractivity contribution in [1.29, 1.82) is 0 Å². The van der Waals surface area contributed by atoms with E-state index in [0.29, 0.717) is 16.8 Å². The quantitative estimate of drug-likeness (QED) is 0.501. The number of aryl methyl sites for hydroxylation is 3. The van der Waals surface area contributed by atoms with Crippen LogP contribution in [-0.2, 0) is 10.0 Å². The minimum atomic E-state index is -4.14. The summed E-state index contributed by atoms with van der Waals surface area (Å²) < 4.78 is 49.8. The van der Waals surface area contributed by atoms with Gasteiger partial charge in [-0.15, -0.1) is 0 Å². The fourth-order valence-corrected chi connectivity index (χ4v) is 4.70. The van der Waals surface area contributed by atoms with Gasteiger partial charge in [0.05, 0.1) is 19.0 Å². The van der Waals surface area contributed by atoms with Gasteiger partial charge in [0, 0.05) is 17.0 Å². The zero-order valence-electron chi connectivity index (χ0n) is 17.5. The summed E-state index contributed by atoms with van der Waals surface area (Å²) in [7, 11) is -2.76. The van der Waals surface area contributed by atoms with E-state index < -0.39 is 15.8 Å². The second-order valence-electron chi connectivity index (χ2n) is 7.29. The molecular formula is C22H21FN4O3S. The topological polar surface area (TPSA) is 85.6 Å². The van der Waals surface area contributed by atoms with Gasteiger partial charge >= 0.3 is 0 Å². The largest absolute Gasteiger partial charge is 0.495 e. The number of hydrogen-bond acceptors (Lipinski definition) is 5. The van der Waals surface area contributed by atoms with E-state index >= 15 is 0 Å². The van der Waals surface area contributed by atoms with Gasteiger partial charge in [-0.1, -0.05) is 12.1 Å². The van der Waals surface area contributed by atoms with Gasteiger partial charge in [0.15, 0.2) is 5.65 Å². The normalized spacial score (nSPS) is 11.6. The van der Waals surface area contributed by atoms with Crippen LogP contribution < -0.4 is 9.46 Å². The smallest absolute Gasteiger partial charge is 0.265 e. The summed E-state index contributed by atoms with van der Waals surface area (Å²) in [6, 6.07) is 10.9. The van der Waals surface area contributed by atoms with Crippen molar-refractivity contribution in [3.63, 3.8) is 0 Å². The van der Waals surface area contributed by atoms with Crippen LogP contribution in [0, 0.1) is 26.6 Å². The number of benzene rings is 2. The van der Waals surface area contributed by atoms with Gasteiger partial charge in [0.25, 0.3) is 10.0 Å². The maximum atomic E-state index is 14.2. The molecule has 0 aliphatic heterocycles. The maximum absolute atomic E-state index is 14.2. The van der Waals surface area contributed by atoms with E-state index in [9.17, 15) is 12.8 Å². The van der Waals surface area contributed by atoms with Crippen molar-refractivity contribution in [1.82, 2.24) is 14.6 Å². The van der Waals surface area contributed by atoms with Crippen LogP contribution in [0.3, 0.4) is 0 Å². The summed E-state index contributed by atoms with van der Waals surface area (Å²) in [4.78, 5) is 4.44. The van der Waals surface area contributed by atoms with Gasteiger partial charge in [0.1, 0.15) is 16.5 Å². The molecule has 7 nitrogen and oxygen atoms in total. The van der Waals surface area contributed by atoms with Crippen molar-refractivity contribution < 1.29 is 17.5 Å². The molecule has 4 rings (SSSR count). The Kier molecular flexibility index (Phi) is 5.14. The lowest BCUT2D eigenvalue weighted by Gasteiger charge is -2.14. The molecule has 1 N–H and O–H groups in total. The van der Waals surface area contributed by atoms with Gasteiger partial charge in [-0.25, -0.2) is 22.3 Å². The lowest BCUT2D eigenvalue weighted by molar-refractivity contribution is 0.403. The summed E-state index contributed by atoms with van der Waals surface area (Å²) in [6.07, 6.45) is 1.64. The van der Waals surface area contributed by atoms with Crippen molar-refractivity contribution in [3.05, 3.63) is 71.4 Å². The molecular weight excluding hydrogens is 419 g/mol. The first-order valence-electron chi connectivity index (χ1n) is 9.49. The number of fused-ring (bicyclic) bond motifs is 1. The Labute approximate surface area is 179 Å². The Balaban J connectivity index is 1.84. The van der Waals surface area contributed by atoms with Gasteiger partial charge in [-0.3, -0.25) is 4.72 Å². The summed E-state index contributed by atoms with van der Waals surface area (Å²) in [6.45, 7) is 5.55. The molecule has 4 aromatic rings. The first kappa shape index (κ1) is 20.8. The zero-order valence-corrected chi connectivity index (χ0v) is 18.3. The van der Waals surface area contributed by atoms with Crippen LogP contribution in [0.1, 0.15) is 17.0 Å². The highest BCUT2D eigenvalue weighted by molar-refractivity contribution is 7.92. The molecule has 2 heterocycles. The molecule has 0 saturated carbocycles. The highest BCUT2D eigenvalue weighted by Gasteiger charge is 2.23. The first-order chi connectivity index (χ1) is 14.7. The van der Waals surface area contributed by atoms with E-state index in [1.54, 1.807) is 35.8 Å². The van der Waals surface area contributed by atoms with Crippen LogP contribution in [0.5, 0.6) is 5.75 Å². The lowest BCUT2D eigenvalue weighted by Crippen LogP contribution is -2.15.